The minimum atomic E-state index is -0.0991. The maximum absolute atomic E-state index is 13.1. The quantitative estimate of drug-likeness (QED) is 0.599. The van der Waals surface area contributed by atoms with E-state index in [1.165, 1.54) is 0 Å². The zero-order valence-corrected chi connectivity index (χ0v) is 14.5. The van der Waals surface area contributed by atoms with Crippen LogP contribution in [0.4, 0.5) is 0 Å². The Morgan fingerprint density at radius 2 is 2.00 bits per heavy atom. The minimum absolute atomic E-state index is 0.0991. The fraction of sp³-hybridized carbons (Fsp3) is 0.158. The van der Waals surface area contributed by atoms with Gasteiger partial charge in [0.25, 0.3) is 0 Å². The summed E-state index contributed by atoms with van der Waals surface area (Å²) in [4.78, 5) is 13.1. The molecule has 2 heterocycles. The second kappa shape index (κ2) is 6.68. The van der Waals surface area contributed by atoms with Gasteiger partial charge in [-0.25, -0.2) is 0 Å². The number of fused-ring (bicyclic) bond motifs is 1. The molecular weight excluding hydrogens is 343 g/mol. The Hall–Kier alpha value is -2.28. The van der Waals surface area contributed by atoms with E-state index in [0.717, 1.165) is 16.8 Å². The fourth-order valence-corrected chi connectivity index (χ4v) is 3.25. The van der Waals surface area contributed by atoms with Crippen LogP contribution in [0.15, 0.2) is 42.6 Å². The number of benzene rings is 1. The van der Waals surface area contributed by atoms with Crippen molar-refractivity contribution >= 4 is 34.5 Å². The molecular formula is C19H14Cl2N2O. The number of pyridine rings is 1. The first-order valence-electron chi connectivity index (χ1n) is 7.49. The smallest absolute Gasteiger partial charge is 0.195 e. The van der Waals surface area contributed by atoms with Gasteiger partial charge in [-0.05, 0) is 42.8 Å². The lowest BCUT2D eigenvalue weighted by Gasteiger charge is -2.04. The van der Waals surface area contributed by atoms with E-state index in [1.54, 1.807) is 18.2 Å². The highest BCUT2D eigenvalue weighted by atomic mass is 35.5. The topological polar surface area (TPSA) is 45.3 Å². The Kier molecular flexibility index (Phi) is 4.62. The molecule has 0 radical (unpaired) electrons. The first kappa shape index (κ1) is 16.6. The number of ketones is 1. The molecule has 0 bridgehead atoms. The first-order chi connectivity index (χ1) is 11.5. The first-order valence-corrected chi connectivity index (χ1v) is 8.25. The molecule has 0 aliphatic carbocycles. The van der Waals surface area contributed by atoms with Gasteiger partial charge >= 0.3 is 0 Å². The Morgan fingerprint density at radius 1 is 1.21 bits per heavy atom. The number of aromatic nitrogens is 1. The van der Waals surface area contributed by atoms with Crippen LogP contribution in [-0.2, 0) is 6.42 Å². The molecule has 24 heavy (non-hydrogen) atoms. The molecule has 3 nitrogen and oxygen atoms in total. The molecule has 3 rings (SSSR count). The SMILES string of the molecule is Cc1c(C(=O)c2ccc(Cl)c(Cl)c2)c2ccccn2c1CCC#N. The van der Waals surface area contributed by atoms with Crippen molar-refractivity contribution in [3.8, 4) is 6.07 Å². The summed E-state index contributed by atoms with van der Waals surface area (Å²) in [5.74, 6) is -0.0991. The van der Waals surface area contributed by atoms with Crippen LogP contribution in [0.1, 0.15) is 33.6 Å². The predicted octanol–water partition coefficient (Wildman–Crippen LogP) is 5.24. The van der Waals surface area contributed by atoms with E-state index >= 15 is 0 Å². The maximum Gasteiger partial charge on any atom is 0.195 e. The molecule has 2 aromatic heterocycles. The summed E-state index contributed by atoms with van der Waals surface area (Å²) < 4.78 is 1.98. The Morgan fingerprint density at radius 3 is 2.71 bits per heavy atom. The molecule has 3 aromatic rings. The van der Waals surface area contributed by atoms with Gasteiger partial charge in [0, 0.05) is 30.3 Å². The lowest BCUT2D eigenvalue weighted by molar-refractivity contribution is 0.104. The van der Waals surface area contributed by atoms with Crippen LogP contribution in [0.3, 0.4) is 0 Å². The standard InChI is InChI=1S/C19H14Cl2N2O/c1-12-16(6-4-9-22)23-10-3-2-5-17(23)18(12)19(24)13-7-8-14(20)15(21)11-13/h2-3,5,7-8,10-11H,4,6H2,1H3. The van der Waals surface area contributed by atoms with Gasteiger partial charge in [-0.15, -0.1) is 0 Å². The molecule has 0 aliphatic heterocycles. The van der Waals surface area contributed by atoms with Crippen molar-refractivity contribution in [2.45, 2.75) is 19.8 Å². The van der Waals surface area contributed by atoms with Crippen LogP contribution in [0.2, 0.25) is 10.0 Å². The van der Waals surface area contributed by atoms with Crippen molar-refractivity contribution in [2.75, 3.05) is 0 Å². The van der Waals surface area contributed by atoms with Crippen molar-refractivity contribution < 1.29 is 4.79 Å². The largest absolute Gasteiger partial charge is 0.320 e. The minimum Gasteiger partial charge on any atom is -0.320 e. The number of nitrogens with zero attached hydrogens (tertiary/aromatic N) is 2. The number of halogens is 2. The molecule has 0 fully saturated rings. The highest BCUT2D eigenvalue weighted by Crippen LogP contribution is 2.29. The maximum atomic E-state index is 13.1. The van der Waals surface area contributed by atoms with Crippen LogP contribution in [0.5, 0.6) is 0 Å². The van der Waals surface area contributed by atoms with E-state index < -0.39 is 0 Å². The lowest BCUT2D eigenvalue weighted by Crippen LogP contribution is -2.03. The summed E-state index contributed by atoms with van der Waals surface area (Å²) in [5.41, 5.74) is 3.85. The van der Waals surface area contributed by atoms with Crippen LogP contribution < -0.4 is 0 Å². The van der Waals surface area contributed by atoms with Crippen molar-refractivity contribution in [1.82, 2.24) is 4.40 Å². The van der Waals surface area contributed by atoms with Gasteiger partial charge in [-0.2, -0.15) is 5.26 Å². The summed E-state index contributed by atoms with van der Waals surface area (Å²) in [6, 6.07) is 12.8. The fourth-order valence-electron chi connectivity index (χ4n) is 2.95. The molecule has 0 amide bonds. The number of rotatable bonds is 4. The van der Waals surface area contributed by atoms with Gasteiger partial charge in [-0.3, -0.25) is 4.79 Å². The molecule has 120 valence electrons. The molecule has 0 N–H and O–H groups in total. The van der Waals surface area contributed by atoms with Crippen LogP contribution >= 0.6 is 23.2 Å². The van der Waals surface area contributed by atoms with Crippen LogP contribution in [0, 0.1) is 18.3 Å². The van der Waals surface area contributed by atoms with E-state index in [0.29, 0.717) is 34.0 Å². The summed E-state index contributed by atoms with van der Waals surface area (Å²) in [6.45, 7) is 1.92. The number of carbonyl (C=O) groups is 1. The molecule has 5 heteroatoms. The average Bonchev–Trinajstić information content (AvgIpc) is 2.86. The number of aryl methyl sites for hydroxylation is 1. The summed E-state index contributed by atoms with van der Waals surface area (Å²) in [7, 11) is 0. The van der Waals surface area contributed by atoms with E-state index in [2.05, 4.69) is 6.07 Å². The molecule has 0 aliphatic rings. The summed E-state index contributed by atoms with van der Waals surface area (Å²) in [5, 5.41) is 9.66. The monoisotopic (exact) mass is 356 g/mol. The van der Waals surface area contributed by atoms with Gasteiger partial charge in [0.2, 0.25) is 0 Å². The molecule has 0 atom stereocenters. The third-order valence-corrected chi connectivity index (χ3v) is 4.84. The zero-order valence-electron chi connectivity index (χ0n) is 13.0. The van der Waals surface area contributed by atoms with Gasteiger partial charge in [0.1, 0.15) is 0 Å². The number of nitriles is 1. The summed E-state index contributed by atoms with van der Waals surface area (Å²) in [6.07, 6.45) is 2.92. The Bertz CT molecular complexity index is 983. The second-order valence-electron chi connectivity index (χ2n) is 5.52. The van der Waals surface area contributed by atoms with Crippen molar-refractivity contribution in [3.63, 3.8) is 0 Å². The van der Waals surface area contributed by atoms with Crippen LogP contribution in [0.25, 0.3) is 5.52 Å². The van der Waals surface area contributed by atoms with Gasteiger partial charge in [0.15, 0.2) is 5.78 Å². The van der Waals surface area contributed by atoms with Crippen LogP contribution in [-0.4, -0.2) is 10.2 Å². The van der Waals surface area contributed by atoms with Crippen molar-refractivity contribution in [3.05, 3.63) is 75.0 Å². The third kappa shape index (κ3) is 2.80. The Balaban J connectivity index is 2.18. The van der Waals surface area contributed by atoms with Gasteiger partial charge in [0.05, 0.1) is 27.2 Å². The highest BCUT2D eigenvalue weighted by molar-refractivity contribution is 6.42. The predicted molar refractivity (Wildman–Crippen MR) is 96.0 cm³/mol. The van der Waals surface area contributed by atoms with E-state index in [4.69, 9.17) is 28.5 Å². The second-order valence-corrected chi connectivity index (χ2v) is 6.33. The Labute approximate surface area is 150 Å². The number of carbonyl (C=O) groups excluding carboxylic acids is 1. The number of hydrogen-bond acceptors (Lipinski definition) is 2. The zero-order chi connectivity index (χ0) is 17.3. The van der Waals surface area contributed by atoms with E-state index in [-0.39, 0.29) is 5.78 Å². The molecule has 1 aromatic carbocycles. The molecule has 0 unspecified atom stereocenters. The van der Waals surface area contributed by atoms with E-state index in [1.807, 2.05) is 35.7 Å². The van der Waals surface area contributed by atoms with Gasteiger partial charge < -0.3 is 4.40 Å². The highest BCUT2D eigenvalue weighted by Gasteiger charge is 2.21. The third-order valence-electron chi connectivity index (χ3n) is 4.10. The average molecular weight is 357 g/mol. The lowest BCUT2D eigenvalue weighted by atomic mass is 9.99. The molecule has 0 saturated heterocycles. The van der Waals surface area contributed by atoms with Crippen molar-refractivity contribution in [1.29, 1.82) is 5.26 Å². The summed E-state index contributed by atoms with van der Waals surface area (Å²) >= 11 is 12.0. The van der Waals surface area contributed by atoms with Crippen molar-refractivity contribution in [2.24, 2.45) is 0 Å². The van der Waals surface area contributed by atoms with E-state index in [9.17, 15) is 4.79 Å². The number of hydrogen-bond donors (Lipinski definition) is 0. The molecule has 0 saturated carbocycles. The molecule has 0 spiro atoms. The van der Waals surface area contributed by atoms with Gasteiger partial charge in [-0.1, -0.05) is 29.3 Å². The normalized spacial score (nSPS) is 10.8.